The number of nitrogens with zero attached hydrogens (tertiary/aromatic N) is 2. The van der Waals surface area contributed by atoms with Crippen molar-refractivity contribution in [1.82, 2.24) is 9.97 Å². The molecule has 0 radical (unpaired) electrons. The molecule has 0 N–H and O–H groups in total. The first-order valence-corrected chi connectivity index (χ1v) is 6.62. The van der Waals surface area contributed by atoms with Crippen LogP contribution in [-0.4, -0.2) is 17.1 Å². The second kappa shape index (κ2) is 4.75. The van der Waals surface area contributed by atoms with E-state index < -0.39 is 0 Å². The lowest BCUT2D eigenvalue weighted by Gasteiger charge is -2.03. The fourth-order valence-electron chi connectivity index (χ4n) is 1.78. The molecule has 19 heavy (non-hydrogen) atoms. The fraction of sp³-hybridized carbons (Fsp3) is 0.0769. The summed E-state index contributed by atoms with van der Waals surface area (Å²) in [6, 6.07) is 6.64. The first-order chi connectivity index (χ1) is 9.19. The van der Waals surface area contributed by atoms with E-state index in [0.717, 1.165) is 20.7 Å². The van der Waals surface area contributed by atoms with E-state index in [1.807, 2.05) is 6.07 Å². The molecule has 2 heterocycles. The number of hydrogen-bond donors (Lipinski definition) is 0. The molecule has 0 aliphatic carbocycles. The van der Waals surface area contributed by atoms with E-state index >= 15 is 0 Å². The van der Waals surface area contributed by atoms with Crippen molar-refractivity contribution < 1.29 is 9.13 Å². The molecule has 0 saturated carbocycles. The lowest BCUT2D eigenvalue weighted by molar-refractivity contribution is 0.387. The van der Waals surface area contributed by atoms with Crippen molar-refractivity contribution in [3.8, 4) is 16.2 Å². The van der Waals surface area contributed by atoms with E-state index in [2.05, 4.69) is 9.97 Å². The van der Waals surface area contributed by atoms with Crippen LogP contribution in [0.3, 0.4) is 0 Å². The molecule has 96 valence electrons. The summed E-state index contributed by atoms with van der Waals surface area (Å²) < 4.78 is 19.2. The highest BCUT2D eigenvalue weighted by molar-refractivity contribution is 7.22. The molecule has 0 atom stereocenters. The van der Waals surface area contributed by atoms with Crippen LogP contribution in [0.2, 0.25) is 5.15 Å². The van der Waals surface area contributed by atoms with E-state index in [1.54, 1.807) is 12.1 Å². The standard InChI is InChI=1S/C13H8ClFN2OS/c1-18-10-4-7(2-3-8(10)15)11-5-9-12(19-11)13(14)17-6-16-9/h2-6H,1H3. The van der Waals surface area contributed by atoms with Gasteiger partial charge in [-0.2, -0.15) is 0 Å². The minimum Gasteiger partial charge on any atom is -0.494 e. The van der Waals surface area contributed by atoms with E-state index in [9.17, 15) is 4.39 Å². The van der Waals surface area contributed by atoms with Crippen LogP contribution in [0.4, 0.5) is 4.39 Å². The highest BCUT2D eigenvalue weighted by atomic mass is 35.5. The molecule has 3 rings (SSSR count). The SMILES string of the molecule is COc1cc(-c2cc3ncnc(Cl)c3s2)ccc1F. The van der Waals surface area contributed by atoms with Gasteiger partial charge in [-0.15, -0.1) is 11.3 Å². The van der Waals surface area contributed by atoms with Gasteiger partial charge in [0.25, 0.3) is 0 Å². The molecule has 0 spiro atoms. The van der Waals surface area contributed by atoms with Gasteiger partial charge in [0.15, 0.2) is 11.6 Å². The molecule has 0 unspecified atom stereocenters. The summed E-state index contributed by atoms with van der Waals surface area (Å²) in [5.41, 5.74) is 1.64. The quantitative estimate of drug-likeness (QED) is 0.666. The molecule has 1 aromatic carbocycles. The number of benzene rings is 1. The Hall–Kier alpha value is -1.72. The zero-order valence-corrected chi connectivity index (χ0v) is 11.4. The molecule has 0 aliphatic rings. The number of aromatic nitrogens is 2. The third kappa shape index (κ3) is 2.15. The zero-order chi connectivity index (χ0) is 13.4. The maximum absolute atomic E-state index is 13.4. The predicted octanol–water partition coefficient (Wildman–Crippen LogP) is 4.16. The van der Waals surface area contributed by atoms with Crippen LogP contribution in [0, 0.1) is 5.82 Å². The van der Waals surface area contributed by atoms with E-state index in [-0.39, 0.29) is 11.6 Å². The number of methoxy groups -OCH3 is 1. The maximum atomic E-state index is 13.4. The molecule has 0 saturated heterocycles. The van der Waals surface area contributed by atoms with Gasteiger partial charge in [0.2, 0.25) is 0 Å². The van der Waals surface area contributed by atoms with Crippen LogP contribution in [0.25, 0.3) is 20.7 Å². The first-order valence-electron chi connectivity index (χ1n) is 5.43. The minimum absolute atomic E-state index is 0.215. The number of thiophene rings is 1. The monoisotopic (exact) mass is 294 g/mol. The van der Waals surface area contributed by atoms with Crippen molar-refractivity contribution in [2.24, 2.45) is 0 Å². The van der Waals surface area contributed by atoms with Gasteiger partial charge in [0, 0.05) is 4.88 Å². The van der Waals surface area contributed by atoms with Gasteiger partial charge in [0.1, 0.15) is 11.5 Å². The lowest BCUT2D eigenvalue weighted by Crippen LogP contribution is -1.87. The zero-order valence-electron chi connectivity index (χ0n) is 9.85. The molecular formula is C13H8ClFN2OS. The summed E-state index contributed by atoms with van der Waals surface area (Å²) in [7, 11) is 1.44. The molecule has 0 bridgehead atoms. The minimum atomic E-state index is -0.384. The lowest BCUT2D eigenvalue weighted by atomic mass is 10.1. The smallest absolute Gasteiger partial charge is 0.165 e. The maximum Gasteiger partial charge on any atom is 0.165 e. The van der Waals surface area contributed by atoms with Gasteiger partial charge in [-0.3, -0.25) is 0 Å². The predicted molar refractivity (Wildman–Crippen MR) is 74.4 cm³/mol. The average Bonchev–Trinajstić information content (AvgIpc) is 2.85. The normalized spacial score (nSPS) is 10.9. The largest absolute Gasteiger partial charge is 0.494 e. The summed E-state index contributed by atoms with van der Waals surface area (Å²) in [6.07, 6.45) is 1.42. The van der Waals surface area contributed by atoms with Crippen molar-refractivity contribution in [1.29, 1.82) is 0 Å². The van der Waals surface area contributed by atoms with Crippen LogP contribution in [0.1, 0.15) is 0 Å². The van der Waals surface area contributed by atoms with Gasteiger partial charge in [0.05, 0.1) is 17.3 Å². The van der Waals surface area contributed by atoms with Crippen molar-refractivity contribution in [3.63, 3.8) is 0 Å². The Morgan fingerprint density at radius 1 is 1.26 bits per heavy atom. The molecule has 3 aromatic rings. The average molecular weight is 295 g/mol. The van der Waals surface area contributed by atoms with Crippen LogP contribution < -0.4 is 4.74 Å². The Labute approximate surface area is 117 Å². The molecule has 0 fully saturated rings. The number of halogens is 2. The Balaban J connectivity index is 2.16. The van der Waals surface area contributed by atoms with Crippen LogP contribution in [0.15, 0.2) is 30.6 Å². The highest BCUT2D eigenvalue weighted by Gasteiger charge is 2.11. The number of fused-ring (bicyclic) bond motifs is 1. The van der Waals surface area contributed by atoms with E-state index in [4.69, 9.17) is 16.3 Å². The van der Waals surface area contributed by atoms with E-state index in [1.165, 1.54) is 30.8 Å². The van der Waals surface area contributed by atoms with Crippen LogP contribution in [0.5, 0.6) is 5.75 Å². The third-order valence-corrected chi connectivity index (χ3v) is 4.28. The third-order valence-electron chi connectivity index (χ3n) is 2.70. The molecule has 6 heteroatoms. The van der Waals surface area contributed by atoms with Crippen LogP contribution >= 0.6 is 22.9 Å². The van der Waals surface area contributed by atoms with Crippen LogP contribution in [-0.2, 0) is 0 Å². The Morgan fingerprint density at radius 3 is 2.84 bits per heavy atom. The van der Waals surface area contributed by atoms with Gasteiger partial charge in [-0.05, 0) is 23.8 Å². The number of ether oxygens (including phenoxy) is 1. The summed E-state index contributed by atoms with van der Waals surface area (Å²) in [4.78, 5) is 9.04. The summed E-state index contributed by atoms with van der Waals surface area (Å²) >= 11 is 7.48. The van der Waals surface area contributed by atoms with E-state index in [0.29, 0.717) is 5.15 Å². The van der Waals surface area contributed by atoms with Crippen molar-refractivity contribution in [2.45, 2.75) is 0 Å². The van der Waals surface area contributed by atoms with Gasteiger partial charge >= 0.3 is 0 Å². The molecule has 3 nitrogen and oxygen atoms in total. The molecule has 2 aromatic heterocycles. The highest BCUT2D eigenvalue weighted by Crippen LogP contribution is 2.36. The number of hydrogen-bond acceptors (Lipinski definition) is 4. The van der Waals surface area contributed by atoms with Gasteiger partial charge in [-0.25, -0.2) is 14.4 Å². The topological polar surface area (TPSA) is 35.0 Å². The summed E-state index contributed by atoms with van der Waals surface area (Å²) in [5.74, 6) is -0.169. The van der Waals surface area contributed by atoms with Crippen molar-refractivity contribution in [3.05, 3.63) is 41.6 Å². The second-order valence-electron chi connectivity index (χ2n) is 3.84. The Morgan fingerprint density at radius 2 is 2.11 bits per heavy atom. The summed E-state index contributed by atoms with van der Waals surface area (Å²) in [5, 5.41) is 0.426. The Kier molecular flexibility index (Phi) is 3.08. The van der Waals surface area contributed by atoms with Gasteiger partial charge < -0.3 is 4.74 Å². The van der Waals surface area contributed by atoms with Crippen molar-refractivity contribution >= 4 is 33.2 Å². The second-order valence-corrected chi connectivity index (χ2v) is 5.25. The fourth-order valence-corrected chi connectivity index (χ4v) is 3.03. The summed E-state index contributed by atoms with van der Waals surface area (Å²) in [6.45, 7) is 0. The number of rotatable bonds is 2. The van der Waals surface area contributed by atoms with Gasteiger partial charge in [-0.1, -0.05) is 17.7 Å². The van der Waals surface area contributed by atoms with Crippen molar-refractivity contribution in [2.75, 3.05) is 7.11 Å². The molecular weight excluding hydrogens is 287 g/mol. The first kappa shape index (κ1) is 12.3. The molecule has 0 aliphatic heterocycles. The Bertz CT molecular complexity index is 759. The molecule has 0 amide bonds.